The van der Waals surface area contributed by atoms with Crippen molar-refractivity contribution >= 4 is 0 Å². The SMILES string of the molecule is c1cn(-c2ccc(OC3CCCCC3)cc2)cn1. The van der Waals surface area contributed by atoms with Crippen LogP contribution in [0.25, 0.3) is 5.69 Å². The molecule has 0 unspecified atom stereocenters. The molecule has 0 amide bonds. The van der Waals surface area contributed by atoms with Crippen LogP contribution in [0.2, 0.25) is 0 Å². The van der Waals surface area contributed by atoms with Crippen LogP contribution in [0.15, 0.2) is 43.0 Å². The van der Waals surface area contributed by atoms with Crippen molar-refractivity contribution in [2.75, 3.05) is 0 Å². The molecule has 0 bridgehead atoms. The Balaban J connectivity index is 1.67. The van der Waals surface area contributed by atoms with Crippen molar-refractivity contribution in [3.05, 3.63) is 43.0 Å². The predicted octanol–water partition coefficient (Wildman–Crippen LogP) is 3.58. The van der Waals surface area contributed by atoms with Gasteiger partial charge in [-0.15, -0.1) is 0 Å². The Morgan fingerprint density at radius 3 is 2.50 bits per heavy atom. The molecule has 18 heavy (non-hydrogen) atoms. The average Bonchev–Trinajstić information content (AvgIpc) is 2.95. The normalized spacial score (nSPS) is 16.7. The van der Waals surface area contributed by atoms with Gasteiger partial charge in [0.1, 0.15) is 5.75 Å². The summed E-state index contributed by atoms with van der Waals surface area (Å²) in [4.78, 5) is 4.05. The standard InChI is InChI=1S/C15H18N2O/c1-2-4-14(5-3-1)18-15-8-6-13(7-9-15)17-11-10-16-12-17/h6-12,14H,1-5H2. The first-order valence-electron chi connectivity index (χ1n) is 6.67. The number of hydrogen-bond acceptors (Lipinski definition) is 2. The third kappa shape index (κ3) is 2.55. The van der Waals surface area contributed by atoms with Gasteiger partial charge < -0.3 is 9.30 Å². The molecule has 0 aliphatic heterocycles. The molecule has 0 saturated heterocycles. The molecule has 1 aliphatic carbocycles. The van der Waals surface area contributed by atoms with E-state index in [9.17, 15) is 0 Å². The monoisotopic (exact) mass is 242 g/mol. The molecular formula is C15H18N2O. The lowest BCUT2D eigenvalue weighted by molar-refractivity contribution is 0.155. The molecule has 1 aliphatic rings. The van der Waals surface area contributed by atoms with Crippen molar-refractivity contribution in [1.82, 2.24) is 9.55 Å². The van der Waals surface area contributed by atoms with Crippen LogP contribution < -0.4 is 4.74 Å². The summed E-state index contributed by atoms with van der Waals surface area (Å²) in [7, 11) is 0. The Hall–Kier alpha value is -1.77. The van der Waals surface area contributed by atoms with Crippen LogP contribution in [0.3, 0.4) is 0 Å². The highest BCUT2D eigenvalue weighted by atomic mass is 16.5. The van der Waals surface area contributed by atoms with E-state index in [1.165, 1.54) is 32.1 Å². The lowest BCUT2D eigenvalue weighted by Crippen LogP contribution is -2.19. The van der Waals surface area contributed by atoms with Crippen molar-refractivity contribution < 1.29 is 4.74 Å². The molecule has 1 fully saturated rings. The zero-order valence-corrected chi connectivity index (χ0v) is 10.5. The van der Waals surface area contributed by atoms with E-state index in [2.05, 4.69) is 17.1 Å². The minimum absolute atomic E-state index is 0.415. The minimum atomic E-state index is 0.415. The molecule has 1 heterocycles. The van der Waals surface area contributed by atoms with Crippen molar-refractivity contribution in [2.24, 2.45) is 0 Å². The van der Waals surface area contributed by atoms with Gasteiger partial charge in [-0.2, -0.15) is 0 Å². The van der Waals surface area contributed by atoms with Gasteiger partial charge in [-0.05, 0) is 49.9 Å². The summed E-state index contributed by atoms with van der Waals surface area (Å²) >= 11 is 0. The fraction of sp³-hybridized carbons (Fsp3) is 0.400. The van der Waals surface area contributed by atoms with Crippen molar-refractivity contribution in [3.8, 4) is 11.4 Å². The zero-order valence-electron chi connectivity index (χ0n) is 10.5. The molecule has 1 saturated carbocycles. The lowest BCUT2D eigenvalue weighted by Gasteiger charge is -2.23. The minimum Gasteiger partial charge on any atom is -0.490 e. The van der Waals surface area contributed by atoms with Gasteiger partial charge in [-0.1, -0.05) is 6.42 Å². The van der Waals surface area contributed by atoms with Crippen molar-refractivity contribution in [3.63, 3.8) is 0 Å². The van der Waals surface area contributed by atoms with E-state index >= 15 is 0 Å². The summed E-state index contributed by atoms with van der Waals surface area (Å²) in [5.41, 5.74) is 1.11. The maximum absolute atomic E-state index is 6.00. The van der Waals surface area contributed by atoms with Crippen LogP contribution in [0.5, 0.6) is 5.75 Å². The van der Waals surface area contributed by atoms with Gasteiger partial charge in [0.15, 0.2) is 0 Å². The predicted molar refractivity (Wildman–Crippen MR) is 71.1 cm³/mol. The van der Waals surface area contributed by atoms with Crippen LogP contribution in [-0.4, -0.2) is 15.7 Å². The second kappa shape index (κ2) is 5.25. The van der Waals surface area contributed by atoms with E-state index in [1.807, 2.05) is 22.9 Å². The number of aromatic nitrogens is 2. The highest BCUT2D eigenvalue weighted by Crippen LogP contribution is 2.24. The first-order chi connectivity index (χ1) is 8.92. The molecule has 1 aromatic carbocycles. The number of benzene rings is 1. The van der Waals surface area contributed by atoms with Gasteiger partial charge >= 0.3 is 0 Å². The van der Waals surface area contributed by atoms with Crippen LogP contribution in [0, 0.1) is 0 Å². The molecule has 3 nitrogen and oxygen atoms in total. The highest BCUT2D eigenvalue weighted by molar-refractivity contribution is 5.37. The zero-order chi connectivity index (χ0) is 12.2. The lowest BCUT2D eigenvalue weighted by atomic mass is 9.98. The third-order valence-electron chi connectivity index (χ3n) is 3.49. The van der Waals surface area contributed by atoms with E-state index in [1.54, 1.807) is 12.5 Å². The van der Waals surface area contributed by atoms with Gasteiger partial charge in [0.2, 0.25) is 0 Å². The average molecular weight is 242 g/mol. The summed E-state index contributed by atoms with van der Waals surface area (Å²) in [5, 5.41) is 0. The summed E-state index contributed by atoms with van der Waals surface area (Å²) in [5.74, 6) is 0.978. The summed E-state index contributed by atoms with van der Waals surface area (Å²) in [6.45, 7) is 0. The molecule has 1 aromatic heterocycles. The smallest absolute Gasteiger partial charge is 0.119 e. The van der Waals surface area contributed by atoms with Crippen LogP contribution >= 0.6 is 0 Å². The van der Waals surface area contributed by atoms with Gasteiger partial charge in [0, 0.05) is 18.1 Å². The van der Waals surface area contributed by atoms with Gasteiger partial charge in [0.05, 0.1) is 12.4 Å². The van der Waals surface area contributed by atoms with Crippen molar-refractivity contribution in [1.29, 1.82) is 0 Å². The van der Waals surface area contributed by atoms with E-state index < -0.39 is 0 Å². The summed E-state index contributed by atoms with van der Waals surface area (Å²) in [6, 6.07) is 8.23. The number of nitrogens with zero attached hydrogens (tertiary/aromatic N) is 2. The van der Waals surface area contributed by atoms with Gasteiger partial charge in [0.25, 0.3) is 0 Å². The van der Waals surface area contributed by atoms with Gasteiger partial charge in [-0.3, -0.25) is 0 Å². The number of rotatable bonds is 3. The summed E-state index contributed by atoms with van der Waals surface area (Å²) < 4.78 is 7.99. The quantitative estimate of drug-likeness (QED) is 0.822. The van der Waals surface area contributed by atoms with Crippen LogP contribution in [0.4, 0.5) is 0 Å². The number of imidazole rings is 1. The molecule has 94 valence electrons. The first kappa shape index (κ1) is 11.3. The van der Waals surface area contributed by atoms with E-state index in [4.69, 9.17) is 4.74 Å². The Kier molecular flexibility index (Phi) is 3.31. The topological polar surface area (TPSA) is 27.1 Å². The molecule has 3 heteroatoms. The third-order valence-corrected chi connectivity index (χ3v) is 3.49. The first-order valence-corrected chi connectivity index (χ1v) is 6.67. The molecule has 3 rings (SSSR count). The number of hydrogen-bond donors (Lipinski definition) is 0. The molecule has 0 N–H and O–H groups in total. The molecular weight excluding hydrogens is 224 g/mol. The second-order valence-corrected chi connectivity index (χ2v) is 4.84. The highest BCUT2D eigenvalue weighted by Gasteiger charge is 2.14. The maximum Gasteiger partial charge on any atom is 0.119 e. The number of ether oxygens (including phenoxy) is 1. The molecule has 0 atom stereocenters. The Morgan fingerprint density at radius 2 is 1.83 bits per heavy atom. The Bertz CT molecular complexity index is 470. The summed E-state index contributed by atoms with van der Waals surface area (Å²) in [6.07, 6.45) is 12.3. The Morgan fingerprint density at radius 1 is 1.06 bits per heavy atom. The van der Waals surface area contributed by atoms with Crippen LogP contribution in [0.1, 0.15) is 32.1 Å². The Labute approximate surface area is 107 Å². The largest absolute Gasteiger partial charge is 0.490 e. The fourth-order valence-electron chi connectivity index (χ4n) is 2.48. The van der Waals surface area contributed by atoms with Crippen molar-refractivity contribution in [2.45, 2.75) is 38.2 Å². The molecule has 0 radical (unpaired) electrons. The van der Waals surface area contributed by atoms with E-state index in [-0.39, 0.29) is 0 Å². The molecule has 0 spiro atoms. The van der Waals surface area contributed by atoms with E-state index in [0.29, 0.717) is 6.10 Å². The van der Waals surface area contributed by atoms with Gasteiger partial charge in [-0.25, -0.2) is 4.98 Å². The molecule has 2 aromatic rings. The van der Waals surface area contributed by atoms with Crippen LogP contribution in [-0.2, 0) is 0 Å². The van der Waals surface area contributed by atoms with E-state index in [0.717, 1.165) is 11.4 Å². The second-order valence-electron chi connectivity index (χ2n) is 4.84. The fourth-order valence-corrected chi connectivity index (χ4v) is 2.48. The maximum atomic E-state index is 6.00.